The molecule has 0 unspecified atom stereocenters. The maximum Gasteiger partial charge on any atom is 0.225 e. The van der Waals surface area contributed by atoms with E-state index < -0.39 is 21.1 Å². The fourth-order valence-corrected chi connectivity index (χ4v) is 2.74. The van der Waals surface area contributed by atoms with E-state index in [1.54, 1.807) is 4.90 Å². The molecule has 1 saturated heterocycles. The summed E-state index contributed by atoms with van der Waals surface area (Å²) < 4.78 is 35.2. The van der Waals surface area contributed by atoms with Gasteiger partial charge in [0, 0.05) is 13.1 Å². The summed E-state index contributed by atoms with van der Waals surface area (Å²) in [6, 6.07) is 0. The summed E-state index contributed by atoms with van der Waals surface area (Å²) in [4.78, 5) is 9.35. The summed E-state index contributed by atoms with van der Waals surface area (Å²) in [6.45, 7) is 0.905. The van der Waals surface area contributed by atoms with Crippen molar-refractivity contribution < 1.29 is 12.8 Å². The van der Waals surface area contributed by atoms with E-state index in [1.165, 1.54) is 0 Å². The molecule has 1 aliphatic heterocycles. The van der Waals surface area contributed by atoms with E-state index in [4.69, 9.17) is 5.14 Å². The van der Waals surface area contributed by atoms with Crippen molar-refractivity contribution in [3.05, 3.63) is 18.2 Å². The lowest BCUT2D eigenvalue weighted by molar-refractivity contribution is 0.526. The first-order valence-electron chi connectivity index (χ1n) is 5.21. The third-order valence-electron chi connectivity index (χ3n) is 2.73. The van der Waals surface area contributed by atoms with Gasteiger partial charge in [-0.25, -0.2) is 27.9 Å². The van der Waals surface area contributed by atoms with Crippen molar-refractivity contribution in [1.82, 2.24) is 9.97 Å². The minimum absolute atomic E-state index is 0.254. The van der Waals surface area contributed by atoms with Crippen LogP contribution in [-0.4, -0.2) is 36.7 Å². The molecule has 94 valence electrons. The van der Waals surface area contributed by atoms with Crippen LogP contribution in [0.5, 0.6) is 0 Å². The van der Waals surface area contributed by atoms with Gasteiger partial charge in [0.15, 0.2) is 5.82 Å². The summed E-state index contributed by atoms with van der Waals surface area (Å²) in [5.74, 6) is -0.187. The Morgan fingerprint density at radius 1 is 1.41 bits per heavy atom. The molecule has 17 heavy (non-hydrogen) atoms. The molecule has 0 spiro atoms. The van der Waals surface area contributed by atoms with E-state index in [-0.39, 0.29) is 6.54 Å². The van der Waals surface area contributed by atoms with Crippen LogP contribution in [-0.2, 0) is 10.0 Å². The van der Waals surface area contributed by atoms with E-state index in [0.29, 0.717) is 25.3 Å². The van der Waals surface area contributed by atoms with Crippen LogP contribution in [0.2, 0.25) is 0 Å². The Kier molecular flexibility index (Phi) is 3.25. The summed E-state index contributed by atoms with van der Waals surface area (Å²) in [7, 11) is -3.55. The number of nitrogens with two attached hydrogens (primary N) is 1. The topological polar surface area (TPSA) is 89.2 Å². The number of hydrogen-bond acceptors (Lipinski definition) is 5. The average molecular weight is 260 g/mol. The van der Waals surface area contributed by atoms with Crippen molar-refractivity contribution >= 4 is 16.0 Å². The Balaban J connectivity index is 2.15. The summed E-state index contributed by atoms with van der Waals surface area (Å²) in [6.07, 6.45) is 3.35. The van der Waals surface area contributed by atoms with Crippen LogP contribution in [0.25, 0.3) is 0 Å². The Morgan fingerprint density at radius 2 is 2.06 bits per heavy atom. The molecule has 0 radical (unpaired) electrons. The second kappa shape index (κ2) is 4.53. The Bertz CT molecular complexity index is 490. The molecule has 2 rings (SSSR count). The highest BCUT2D eigenvalue weighted by atomic mass is 32.2. The van der Waals surface area contributed by atoms with Crippen LogP contribution in [0.4, 0.5) is 10.3 Å². The molecule has 1 aromatic rings. The zero-order valence-electron chi connectivity index (χ0n) is 9.08. The summed E-state index contributed by atoms with van der Waals surface area (Å²) >= 11 is 0. The van der Waals surface area contributed by atoms with Gasteiger partial charge < -0.3 is 4.90 Å². The van der Waals surface area contributed by atoms with Crippen molar-refractivity contribution in [1.29, 1.82) is 0 Å². The van der Waals surface area contributed by atoms with Gasteiger partial charge in [0.2, 0.25) is 16.0 Å². The van der Waals surface area contributed by atoms with Crippen LogP contribution >= 0.6 is 0 Å². The van der Waals surface area contributed by atoms with Crippen molar-refractivity contribution in [3.8, 4) is 0 Å². The smallest absolute Gasteiger partial charge is 0.225 e. The van der Waals surface area contributed by atoms with Gasteiger partial charge in [-0.1, -0.05) is 0 Å². The molecule has 2 heterocycles. The van der Waals surface area contributed by atoms with Gasteiger partial charge in [-0.15, -0.1) is 0 Å². The van der Waals surface area contributed by atoms with Crippen molar-refractivity contribution in [2.45, 2.75) is 18.1 Å². The molecule has 0 saturated carbocycles. The highest BCUT2D eigenvalue weighted by Gasteiger charge is 2.29. The van der Waals surface area contributed by atoms with Gasteiger partial charge in [-0.3, -0.25) is 0 Å². The van der Waals surface area contributed by atoms with E-state index in [9.17, 15) is 12.8 Å². The zero-order chi connectivity index (χ0) is 12.5. The monoisotopic (exact) mass is 260 g/mol. The molecular weight excluding hydrogens is 247 g/mol. The van der Waals surface area contributed by atoms with Crippen LogP contribution in [0.1, 0.15) is 12.8 Å². The Hall–Kier alpha value is -1.28. The molecule has 0 aromatic carbocycles. The zero-order valence-corrected chi connectivity index (χ0v) is 9.90. The Labute approximate surface area is 98.7 Å². The Morgan fingerprint density at radius 3 is 2.65 bits per heavy atom. The lowest BCUT2D eigenvalue weighted by Gasteiger charge is -2.31. The van der Waals surface area contributed by atoms with Crippen LogP contribution in [0.3, 0.4) is 0 Å². The number of nitrogens with zero attached hydrogens (tertiary/aromatic N) is 3. The average Bonchev–Trinajstić information content (AvgIpc) is 2.29. The predicted molar refractivity (Wildman–Crippen MR) is 60.3 cm³/mol. The molecule has 0 bridgehead atoms. The van der Waals surface area contributed by atoms with Gasteiger partial charge >= 0.3 is 0 Å². The van der Waals surface area contributed by atoms with Gasteiger partial charge in [0.05, 0.1) is 17.6 Å². The molecule has 1 aromatic heterocycles. The molecule has 6 nitrogen and oxygen atoms in total. The van der Waals surface area contributed by atoms with Gasteiger partial charge in [-0.05, 0) is 12.8 Å². The largest absolute Gasteiger partial charge is 0.339 e. The fourth-order valence-electron chi connectivity index (χ4n) is 1.86. The van der Waals surface area contributed by atoms with Gasteiger partial charge in [0.1, 0.15) is 0 Å². The third kappa shape index (κ3) is 2.89. The first-order chi connectivity index (χ1) is 7.97. The van der Waals surface area contributed by atoms with Gasteiger partial charge in [0.25, 0.3) is 0 Å². The number of halogens is 1. The molecule has 1 aliphatic rings. The third-order valence-corrected chi connectivity index (χ3v) is 4.05. The highest BCUT2D eigenvalue weighted by molar-refractivity contribution is 7.89. The molecule has 8 heteroatoms. The van der Waals surface area contributed by atoms with Crippen LogP contribution < -0.4 is 10.0 Å². The fraction of sp³-hybridized carbons (Fsp3) is 0.556. The number of hydrogen-bond donors (Lipinski definition) is 1. The lowest BCUT2D eigenvalue weighted by atomic mass is 10.1. The van der Waals surface area contributed by atoms with E-state index >= 15 is 0 Å². The quantitative estimate of drug-likeness (QED) is 0.800. The number of primary sulfonamides is 1. The second-order valence-corrected chi connectivity index (χ2v) is 5.85. The first kappa shape index (κ1) is 12.2. The number of anilines is 1. The first-order valence-corrected chi connectivity index (χ1v) is 6.82. The number of piperidine rings is 1. The molecular formula is C9H13FN4O2S. The molecule has 1 fully saturated rings. The van der Waals surface area contributed by atoms with E-state index in [1.807, 2.05) is 0 Å². The molecule has 1 atom stereocenters. The summed E-state index contributed by atoms with van der Waals surface area (Å²) in [5.41, 5.74) is 0. The normalized spacial score (nSPS) is 21.5. The highest BCUT2D eigenvalue weighted by Crippen LogP contribution is 2.18. The van der Waals surface area contributed by atoms with E-state index in [0.717, 1.165) is 12.4 Å². The predicted octanol–water partition coefficient (Wildman–Crippen LogP) is -0.127. The minimum Gasteiger partial charge on any atom is -0.339 e. The van der Waals surface area contributed by atoms with Crippen LogP contribution in [0, 0.1) is 5.82 Å². The number of sulfonamides is 1. The van der Waals surface area contributed by atoms with Crippen molar-refractivity contribution in [2.24, 2.45) is 5.14 Å². The number of rotatable bonds is 2. The maximum atomic E-state index is 12.7. The number of aromatic nitrogens is 2. The van der Waals surface area contributed by atoms with Crippen molar-refractivity contribution in [3.63, 3.8) is 0 Å². The minimum atomic E-state index is -3.55. The lowest BCUT2D eigenvalue weighted by Crippen LogP contribution is -2.45. The standard InChI is InChI=1S/C9H13FN4O2S/c10-7-4-12-9(13-5-7)14-3-1-2-8(6-14)17(11,15)16/h4-5,8H,1-3,6H2,(H2,11,15,16)/t8-/m0/s1. The van der Waals surface area contributed by atoms with Crippen molar-refractivity contribution in [2.75, 3.05) is 18.0 Å². The molecule has 2 N–H and O–H groups in total. The SMILES string of the molecule is NS(=O)(=O)[C@H]1CCCN(c2ncc(F)cn2)C1. The van der Waals surface area contributed by atoms with Crippen LogP contribution in [0.15, 0.2) is 12.4 Å². The molecule has 0 aliphatic carbocycles. The van der Waals surface area contributed by atoms with E-state index in [2.05, 4.69) is 9.97 Å². The van der Waals surface area contributed by atoms with Gasteiger partial charge in [-0.2, -0.15) is 0 Å². The summed E-state index contributed by atoms with van der Waals surface area (Å²) in [5, 5.41) is 4.51. The molecule has 0 amide bonds. The second-order valence-electron chi connectivity index (χ2n) is 4.00. The maximum absolute atomic E-state index is 12.7.